The number of rotatable bonds is 4. The molecule has 38 heavy (non-hydrogen) atoms. The van der Waals surface area contributed by atoms with E-state index in [1.807, 2.05) is 29.5 Å². The molecule has 11 nitrogen and oxygen atoms in total. The fourth-order valence-electron chi connectivity index (χ4n) is 3.67. The molecule has 1 amide bonds. The molecule has 0 aliphatic carbocycles. The second kappa shape index (κ2) is 10.3. The highest BCUT2D eigenvalue weighted by Gasteiger charge is 2.38. The predicted octanol–water partition coefficient (Wildman–Crippen LogP) is 3.80. The summed E-state index contributed by atoms with van der Waals surface area (Å²) in [6.07, 6.45) is 5.04. The molecule has 0 bridgehead atoms. The average molecular weight is 547 g/mol. The Morgan fingerprint density at radius 3 is 2.58 bits per heavy atom. The number of pyridine rings is 2. The van der Waals surface area contributed by atoms with Gasteiger partial charge in [0.1, 0.15) is 5.56 Å². The number of carboxylic acid groups (broad SMARTS) is 1. The number of carbonyl (C=O) groups excluding carboxylic acids is 1. The highest BCUT2D eigenvalue weighted by atomic mass is 35.5. The van der Waals surface area contributed by atoms with Crippen LogP contribution in [0.5, 0.6) is 0 Å². The minimum Gasteiger partial charge on any atom is -0.475 e. The first-order valence-corrected chi connectivity index (χ1v) is 11.1. The van der Waals surface area contributed by atoms with Crippen LogP contribution in [-0.2, 0) is 4.79 Å². The van der Waals surface area contributed by atoms with E-state index in [1.54, 1.807) is 43.4 Å². The maximum absolute atomic E-state index is 13.1. The molecule has 5 rings (SSSR count). The SMILES string of the molecule is CC(NC(=O)c1c(N)nn2cccnc12)c1cc(Cl)c2cncn2c1-c1cccnc1.O=C(O)C(F)(F)F. The molecule has 5 aromatic heterocycles. The number of alkyl halides is 3. The summed E-state index contributed by atoms with van der Waals surface area (Å²) in [5, 5.41) is 14.8. The van der Waals surface area contributed by atoms with Gasteiger partial charge in [0.2, 0.25) is 0 Å². The van der Waals surface area contributed by atoms with Crippen molar-refractivity contribution in [2.24, 2.45) is 0 Å². The van der Waals surface area contributed by atoms with Crippen molar-refractivity contribution in [3.8, 4) is 11.3 Å². The Bertz CT molecular complexity index is 1640. The molecule has 196 valence electrons. The van der Waals surface area contributed by atoms with Crippen LogP contribution in [0.1, 0.15) is 28.9 Å². The molecule has 0 fully saturated rings. The number of amides is 1. The Kier molecular flexibility index (Phi) is 7.17. The van der Waals surface area contributed by atoms with Crippen LogP contribution in [0.25, 0.3) is 22.4 Å². The molecule has 1 unspecified atom stereocenters. The molecule has 0 aliphatic heterocycles. The van der Waals surface area contributed by atoms with Crippen molar-refractivity contribution in [2.45, 2.75) is 19.1 Å². The van der Waals surface area contributed by atoms with Crippen LogP contribution < -0.4 is 11.1 Å². The fourth-order valence-corrected chi connectivity index (χ4v) is 3.93. The number of nitrogen functional groups attached to an aromatic ring is 1. The van der Waals surface area contributed by atoms with Gasteiger partial charge in [-0.05, 0) is 31.2 Å². The number of halogens is 4. The third-order valence-corrected chi connectivity index (χ3v) is 5.62. The van der Waals surface area contributed by atoms with E-state index < -0.39 is 18.2 Å². The van der Waals surface area contributed by atoms with Crippen molar-refractivity contribution in [1.82, 2.24) is 34.3 Å². The van der Waals surface area contributed by atoms with Crippen molar-refractivity contribution in [2.75, 3.05) is 5.73 Å². The highest BCUT2D eigenvalue weighted by Crippen LogP contribution is 2.33. The largest absolute Gasteiger partial charge is 0.490 e. The summed E-state index contributed by atoms with van der Waals surface area (Å²) in [4.78, 5) is 34.7. The van der Waals surface area contributed by atoms with Crippen LogP contribution in [0, 0.1) is 0 Å². The van der Waals surface area contributed by atoms with Gasteiger partial charge in [-0.2, -0.15) is 13.2 Å². The van der Waals surface area contributed by atoms with E-state index >= 15 is 0 Å². The lowest BCUT2D eigenvalue weighted by Crippen LogP contribution is -2.28. The van der Waals surface area contributed by atoms with Crippen LogP contribution in [0.15, 0.2) is 61.6 Å². The molecule has 1 atom stereocenters. The zero-order chi connectivity index (χ0) is 27.6. The Balaban J connectivity index is 0.000000426. The maximum Gasteiger partial charge on any atom is 0.490 e. The number of nitrogens with two attached hydrogens (primary N) is 1. The van der Waals surface area contributed by atoms with Gasteiger partial charge >= 0.3 is 12.1 Å². The predicted molar refractivity (Wildman–Crippen MR) is 130 cm³/mol. The first kappa shape index (κ1) is 26.3. The fraction of sp³-hybridized carbons (Fsp3) is 0.130. The molecule has 0 aromatic carbocycles. The van der Waals surface area contributed by atoms with Gasteiger partial charge in [-0.3, -0.25) is 14.2 Å². The van der Waals surface area contributed by atoms with E-state index in [1.165, 1.54) is 4.52 Å². The molecular formula is C23H18ClF3N8O3. The number of hydrogen-bond acceptors (Lipinski definition) is 7. The second-order valence-electron chi connectivity index (χ2n) is 7.83. The van der Waals surface area contributed by atoms with Crippen LogP contribution in [0.2, 0.25) is 5.02 Å². The van der Waals surface area contributed by atoms with Gasteiger partial charge in [-0.1, -0.05) is 11.6 Å². The number of aliphatic carboxylic acids is 1. The van der Waals surface area contributed by atoms with Crippen LogP contribution in [0.3, 0.4) is 0 Å². The lowest BCUT2D eigenvalue weighted by Gasteiger charge is -2.20. The number of nitrogens with one attached hydrogen (secondary N) is 1. The Hall–Kier alpha value is -4.72. The number of aromatic nitrogens is 6. The van der Waals surface area contributed by atoms with Crippen molar-refractivity contribution >= 4 is 40.5 Å². The average Bonchev–Trinajstić information content (AvgIpc) is 3.48. The number of carbonyl (C=O) groups is 2. The van der Waals surface area contributed by atoms with Crippen molar-refractivity contribution < 1.29 is 27.9 Å². The number of imidazole rings is 1. The minimum atomic E-state index is -5.08. The van der Waals surface area contributed by atoms with Crippen molar-refractivity contribution in [3.63, 3.8) is 0 Å². The van der Waals surface area contributed by atoms with E-state index in [2.05, 4.69) is 25.4 Å². The number of anilines is 1. The zero-order valence-electron chi connectivity index (χ0n) is 19.4. The molecule has 0 aliphatic rings. The smallest absolute Gasteiger partial charge is 0.475 e. The number of fused-ring (bicyclic) bond motifs is 2. The summed E-state index contributed by atoms with van der Waals surface area (Å²) in [6, 6.07) is 6.94. The Morgan fingerprint density at radius 1 is 1.18 bits per heavy atom. The van der Waals surface area contributed by atoms with Gasteiger partial charge in [-0.15, -0.1) is 5.10 Å². The number of hydrogen-bond donors (Lipinski definition) is 3. The van der Waals surface area contributed by atoms with Gasteiger partial charge in [-0.25, -0.2) is 19.3 Å². The van der Waals surface area contributed by atoms with Crippen LogP contribution in [-0.4, -0.2) is 52.1 Å². The number of nitrogens with zero attached hydrogens (tertiary/aromatic N) is 6. The molecule has 0 spiro atoms. The molecule has 5 aromatic rings. The van der Waals surface area contributed by atoms with E-state index in [0.29, 0.717) is 10.7 Å². The molecule has 0 radical (unpaired) electrons. The summed E-state index contributed by atoms with van der Waals surface area (Å²) in [5.41, 5.74) is 9.89. The molecule has 15 heteroatoms. The van der Waals surface area contributed by atoms with Gasteiger partial charge in [0.15, 0.2) is 11.5 Å². The molecule has 4 N–H and O–H groups in total. The van der Waals surface area contributed by atoms with E-state index in [0.717, 1.165) is 22.3 Å². The summed E-state index contributed by atoms with van der Waals surface area (Å²) in [7, 11) is 0. The summed E-state index contributed by atoms with van der Waals surface area (Å²) in [6.45, 7) is 1.88. The quantitative estimate of drug-likeness (QED) is 0.308. The van der Waals surface area contributed by atoms with E-state index in [9.17, 15) is 18.0 Å². The minimum absolute atomic E-state index is 0.110. The molecular weight excluding hydrogens is 529 g/mol. The molecule has 0 saturated heterocycles. The lowest BCUT2D eigenvalue weighted by atomic mass is 10.0. The topological polar surface area (TPSA) is 153 Å². The molecule has 5 heterocycles. The van der Waals surface area contributed by atoms with Crippen LogP contribution >= 0.6 is 11.6 Å². The first-order valence-electron chi connectivity index (χ1n) is 10.7. The normalized spacial score (nSPS) is 12.1. The van der Waals surface area contributed by atoms with Crippen molar-refractivity contribution in [1.29, 1.82) is 0 Å². The van der Waals surface area contributed by atoms with E-state index in [4.69, 9.17) is 27.2 Å². The van der Waals surface area contributed by atoms with Gasteiger partial charge in [0.25, 0.3) is 5.91 Å². The van der Waals surface area contributed by atoms with Gasteiger partial charge < -0.3 is 16.2 Å². The second-order valence-corrected chi connectivity index (χ2v) is 8.24. The van der Waals surface area contributed by atoms with E-state index in [-0.39, 0.29) is 17.3 Å². The first-order chi connectivity index (χ1) is 18.0. The Labute approximate surface area is 216 Å². The summed E-state index contributed by atoms with van der Waals surface area (Å²) >= 11 is 6.51. The highest BCUT2D eigenvalue weighted by molar-refractivity contribution is 6.34. The van der Waals surface area contributed by atoms with Crippen LogP contribution in [0.4, 0.5) is 19.0 Å². The maximum atomic E-state index is 13.1. The third-order valence-electron chi connectivity index (χ3n) is 5.32. The lowest BCUT2D eigenvalue weighted by molar-refractivity contribution is -0.192. The molecule has 0 saturated carbocycles. The zero-order valence-corrected chi connectivity index (χ0v) is 20.1. The summed E-state index contributed by atoms with van der Waals surface area (Å²) < 4.78 is 35.1. The van der Waals surface area contributed by atoms with Gasteiger partial charge in [0.05, 0.1) is 34.8 Å². The summed E-state index contributed by atoms with van der Waals surface area (Å²) in [5.74, 6) is -3.02. The Morgan fingerprint density at radius 2 is 1.92 bits per heavy atom. The monoisotopic (exact) mass is 546 g/mol. The third kappa shape index (κ3) is 5.20. The standard InChI is InChI=1S/C21H17ClN8O.C2HF3O2/c1-12(27-21(31)17-19(23)28-30-7-3-6-26-20(17)30)14-8-15(22)16-10-25-11-29(16)18(14)13-4-2-5-24-9-13;3-2(4,5)1(6)7/h2-12H,1H3,(H2,23,28)(H,27,31);(H,6,7). The van der Waals surface area contributed by atoms with Crippen molar-refractivity contribution in [3.05, 3.63) is 77.7 Å². The van der Waals surface area contributed by atoms with Gasteiger partial charge in [0, 0.05) is 35.9 Å². The number of carboxylic acids is 1.